The zero-order valence-corrected chi connectivity index (χ0v) is 8.39. The van der Waals surface area contributed by atoms with E-state index in [0.29, 0.717) is 5.92 Å². The van der Waals surface area contributed by atoms with Crippen LogP contribution in [0.15, 0.2) is 6.20 Å². The number of hydrogen-bond donors (Lipinski definition) is 1. The molecular formula is C9H16N4O. The summed E-state index contributed by atoms with van der Waals surface area (Å²) in [4.78, 5) is 0. The molecule has 1 aliphatic rings. The molecule has 0 aliphatic carbocycles. The topological polar surface area (TPSA) is 66.0 Å². The minimum Gasteiger partial charge on any atom is -0.381 e. The van der Waals surface area contributed by atoms with Crippen LogP contribution in [0.25, 0.3) is 0 Å². The van der Waals surface area contributed by atoms with Crippen molar-refractivity contribution in [1.29, 1.82) is 0 Å². The fraction of sp³-hybridized carbons (Fsp3) is 0.778. The summed E-state index contributed by atoms with van der Waals surface area (Å²) in [5, 5.41) is 7.94. The van der Waals surface area contributed by atoms with Crippen LogP contribution in [0, 0.1) is 5.92 Å². The van der Waals surface area contributed by atoms with Crippen LogP contribution in [-0.4, -0.2) is 34.2 Å². The first-order chi connectivity index (χ1) is 6.75. The van der Waals surface area contributed by atoms with Gasteiger partial charge in [-0.05, 0) is 12.8 Å². The maximum atomic E-state index is 6.00. The molecule has 1 fully saturated rings. The highest BCUT2D eigenvalue weighted by Crippen LogP contribution is 2.16. The van der Waals surface area contributed by atoms with Crippen molar-refractivity contribution in [3.63, 3.8) is 0 Å². The van der Waals surface area contributed by atoms with E-state index in [9.17, 15) is 0 Å². The highest BCUT2D eigenvalue weighted by Gasteiger charge is 2.23. The third-order valence-corrected chi connectivity index (χ3v) is 2.65. The Morgan fingerprint density at radius 3 is 3.21 bits per heavy atom. The summed E-state index contributed by atoms with van der Waals surface area (Å²) >= 11 is 0. The van der Waals surface area contributed by atoms with E-state index in [1.54, 1.807) is 4.68 Å². The van der Waals surface area contributed by atoms with Gasteiger partial charge >= 0.3 is 0 Å². The quantitative estimate of drug-likeness (QED) is 0.706. The second-order valence-electron chi connectivity index (χ2n) is 3.88. The summed E-state index contributed by atoms with van der Waals surface area (Å²) in [7, 11) is 1.87. The molecule has 5 heteroatoms. The Bertz CT molecular complexity index is 299. The maximum Gasteiger partial charge on any atom is 0.0831 e. The Labute approximate surface area is 83.2 Å². The fourth-order valence-corrected chi connectivity index (χ4v) is 1.78. The molecule has 1 aliphatic heterocycles. The molecule has 1 aromatic rings. The van der Waals surface area contributed by atoms with E-state index in [1.165, 1.54) is 0 Å². The SMILES string of the molecule is Cn1cc(CC2COCCC2N)nn1. The predicted octanol–water partition coefficient (Wildman–Crippen LogP) is -0.279. The molecule has 0 aromatic carbocycles. The molecule has 14 heavy (non-hydrogen) atoms. The van der Waals surface area contributed by atoms with Crippen molar-refractivity contribution in [3.05, 3.63) is 11.9 Å². The summed E-state index contributed by atoms with van der Waals surface area (Å²) in [6.45, 7) is 1.54. The number of hydrogen-bond acceptors (Lipinski definition) is 4. The molecule has 0 saturated carbocycles. The normalized spacial score (nSPS) is 27.9. The van der Waals surface area contributed by atoms with Gasteiger partial charge in [0, 0.05) is 31.8 Å². The van der Waals surface area contributed by atoms with Gasteiger partial charge in [-0.3, -0.25) is 4.68 Å². The average Bonchev–Trinajstić information content (AvgIpc) is 2.56. The molecule has 2 N–H and O–H groups in total. The van der Waals surface area contributed by atoms with Crippen LogP contribution in [0.3, 0.4) is 0 Å². The van der Waals surface area contributed by atoms with Crippen LogP contribution in [0.2, 0.25) is 0 Å². The molecule has 2 rings (SSSR count). The molecule has 0 bridgehead atoms. The third kappa shape index (κ3) is 2.10. The number of aromatic nitrogens is 3. The van der Waals surface area contributed by atoms with Crippen LogP contribution < -0.4 is 5.73 Å². The van der Waals surface area contributed by atoms with E-state index in [4.69, 9.17) is 10.5 Å². The van der Waals surface area contributed by atoms with Crippen LogP contribution in [0.1, 0.15) is 12.1 Å². The van der Waals surface area contributed by atoms with Gasteiger partial charge in [-0.2, -0.15) is 0 Å². The van der Waals surface area contributed by atoms with E-state index >= 15 is 0 Å². The van der Waals surface area contributed by atoms with Crippen LogP contribution in [0.4, 0.5) is 0 Å². The van der Waals surface area contributed by atoms with Gasteiger partial charge in [-0.1, -0.05) is 5.21 Å². The Morgan fingerprint density at radius 2 is 2.57 bits per heavy atom. The van der Waals surface area contributed by atoms with E-state index in [0.717, 1.165) is 31.7 Å². The first-order valence-electron chi connectivity index (χ1n) is 4.94. The van der Waals surface area contributed by atoms with Crippen molar-refractivity contribution >= 4 is 0 Å². The van der Waals surface area contributed by atoms with E-state index in [2.05, 4.69) is 10.3 Å². The lowest BCUT2D eigenvalue weighted by Crippen LogP contribution is -2.39. The van der Waals surface area contributed by atoms with Crippen molar-refractivity contribution in [3.8, 4) is 0 Å². The molecule has 0 spiro atoms. The fourth-order valence-electron chi connectivity index (χ4n) is 1.78. The smallest absolute Gasteiger partial charge is 0.0831 e. The second-order valence-corrected chi connectivity index (χ2v) is 3.88. The summed E-state index contributed by atoms with van der Waals surface area (Å²) < 4.78 is 7.11. The van der Waals surface area contributed by atoms with Gasteiger partial charge in [-0.25, -0.2) is 0 Å². The molecular weight excluding hydrogens is 180 g/mol. The van der Waals surface area contributed by atoms with Gasteiger partial charge in [0.25, 0.3) is 0 Å². The molecule has 1 saturated heterocycles. The van der Waals surface area contributed by atoms with Crippen LogP contribution in [0.5, 0.6) is 0 Å². The molecule has 2 unspecified atom stereocenters. The molecule has 0 amide bonds. The third-order valence-electron chi connectivity index (χ3n) is 2.65. The van der Waals surface area contributed by atoms with E-state index < -0.39 is 0 Å². The van der Waals surface area contributed by atoms with Crippen molar-refractivity contribution in [2.75, 3.05) is 13.2 Å². The summed E-state index contributed by atoms with van der Waals surface area (Å²) in [5.74, 6) is 0.389. The second kappa shape index (κ2) is 4.06. The zero-order chi connectivity index (χ0) is 9.97. The van der Waals surface area contributed by atoms with Gasteiger partial charge < -0.3 is 10.5 Å². The van der Waals surface area contributed by atoms with Gasteiger partial charge in [0.1, 0.15) is 0 Å². The highest BCUT2D eigenvalue weighted by molar-refractivity contribution is 4.96. The summed E-state index contributed by atoms with van der Waals surface area (Å²) in [5.41, 5.74) is 7.00. The lowest BCUT2D eigenvalue weighted by atomic mass is 9.92. The molecule has 2 atom stereocenters. The van der Waals surface area contributed by atoms with Crippen LogP contribution in [-0.2, 0) is 18.2 Å². The number of rotatable bonds is 2. The maximum absolute atomic E-state index is 6.00. The number of aryl methyl sites for hydroxylation is 1. The van der Waals surface area contributed by atoms with Gasteiger partial charge in [0.05, 0.1) is 12.3 Å². The Kier molecular flexibility index (Phi) is 2.79. The van der Waals surface area contributed by atoms with Crippen molar-refractivity contribution in [1.82, 2.24) is 15.0 Å². The number of nitrogens with two attached hydrogens (primary N) is 1. The average molecular weight is 196 g/mol. The molecule has 2 heterocycles. The number of ether oxygens (including phenoxy) is 1. The lowest BCUT2D eigenvalue weighted by Gasteiger charge is -2.27. The molecule has 5 nitrogen and oxygen atoms in total. The Hall–Kier alpha value is -0.940. The molecule has 0 radical (unpaired) electrons. The Morgan fingerprint density at radius 1 is 1.71 bits per heavy atom. The molecule has 78 valence electrons. The lowest BCUT2D eigenvalue weighted by molar-refractivity contribution is 0.0419. The molecule has 1 aromatic heterocycles. The minimum absolute atomic E-state index is 0.241. The van der Waals surface area contributed by atoms with E-state index in [-0.39, 0.29) is 6.04 Å². The first-order valence-corrected chi connectivity index (χ1v) is 4.94. The standard InChI is InChI=1S/C9H16N4O/c1-13-5-8(11-12-13)4-7-6-14-3-2-9(7)10/h5,7,9H,2-4,6,10H2,1H3. The zero-order valence-electron chi connectivity index (χ0n) is 8.39. The van der Waals surface area contributed by atoms with Crippen molar-refractivity contribution in [2.24, 2.45) is 18.7 Å². The van der Waals surface area contributed by atoms with E-state index in [1.807, 2.05) is 13.2 Å². The highest BCUT2D eigenvalue weighted by atomic mass is 16.5. The largest absolute Gasteiger partial charge is 0.381 e. The van der Waals surface area contributed by atoms with Gasteiger partial charge in [-0.15, -0.1) is 5.10 Å². The number of nitrogens with zero attached hydrogens (tertiary/aromatic N) is 3. The Balaban J connectivity index is 1.95. The van der Waals surface area contributed by atoms with Gasteiger partial charge in [0.15, 0.2) is 0 Å². The summed E-state index contributed by atoms with van der Waals surface area (Å²) in [6, 6.07) is 0.241. The minimum atomic E-state index is 0.241. The van der Waals surface area contributed by atoms with Crippen LogP contribution >= 0.6 is 0 Å². The summed E-state index contributed by atoms with van der Waals surface area (Å²) in [6.07, 6.45) is 3.75. The predicted molar refractivity (Wildman–Crippen MR) is 51.6 cm³/mol. The van der Waals surface area contributed by atoms with Crippen molar-refractivity contribution < 1.29 is 4.74 Å². The monoisotopic (exact) mass is 196 g/mol. The van der Waals surface area contributed by atoms with Crippen molar-refractivity contribution in [2.45, 2.75) is 18.9 Å². The first kappa shape index (κ1) is 9.61. The van der Waals surface area contributed by atoms with Gasteiger partial charge in [0.2, 0.25) is 0 Å².